The van der Waals surface area contributed by atoms with Crippen molar-refractivity contribution in [2.45, 2.75) is 32.9 Å². The van der Waals surface area contributed by atoms with E-state index < -0.39 is 0 Å². The van der Waals surface area contributed by atoms with E-state index in [4.69, 9.17) is 0 Å². The molecule has 1 aliphatic heterocycles. The molecule has 1 atom stereocenters. The molecule has 2 aromatic rings. The highest BCUT2D eigenvalue weighted by Crippen LogP contribution is 2.17. The predicted molar refractivity (Wildman–Crippen MR) is 77.0 cm³/mol. The van der Waals surface area contributed by atoms with Gasteiger partial charge in [0.1, 0.15) is 0 Å². The first-order valence-electron chi connectivity index (χ1n) is 7.32. The van der Waals surface area contributed by atoms with E-state index >= 15 is 0 Å². The SMILES string of the molecule is C[C@@H]1CCCN(Cc2nnnn2Cc2ccccc2)C1. The standard InChI is InChI=1S/C15H21N5/c1-13-6-5-9-19(10-13)12-15-16-17-18-20(15)11-14-7-3-2-4-8-14/h2-4,7-8,13H,5-6,9-12H2,1H3/t13-/m1/s1. The highest BCUT2D eigenvalue weighted by molar-refractivity contribution is 5.14. The van der Waals surface area contributed by atoms with Crippen LogP contribution in [0.5, 0.6) is 0 Å². The van der Waals surface area contributed by atoms with Gasteiger partial charge in [0.25, 0.3) is 0 Å². The molecule has 1 saturated heterocycles. The number of tetrazole rings is 1. The Morgan fingerprint density at radius 2 is 2.05 bits per heavy atom. The summed E-state index contributed by atoms with van der Waals surface area (Å²) in [6.45, 7) is 6.22. The molecule has 1 aromatic carbocycles. The molecule has 5 heteroatoms. The molecule has 20 heavy (non-hydrogen) atoms. The minimum absolute atomic E-state index is 0.743. The first-order chi connectivity index (χ1) is 9.81. The van der Waals surface area contributed by atoms with E-state index in [1.807, 2.05) is 22.9 Å². The molecular formula is C15H21N5. The molecule has 0 N–H and O–H groups in total. The van der Waals surface area contributed by atoms with E-state index in [0.717, 1.165) is 37.9 Å². The fourth-order valence-corrected chi connectivity index (χ4v) is 2.85. The van der Waals surface area contributed by atoms with Crippen molar-refractivity contribution in [3.8, 4) is 0 Å². The van der Waals surface area contributed by atoms with Crippen molar-refractivity contribution in [3.63, 3.8) is 0 Å². The van der Waals surface area contributed by atoms with Gasteiger partial charge in [0.05, 0.1) is 13.1 Å². The summed E-state index contributed by atoms with van der Waals surface area (Å²) in [5.41, 5.74) is 1.23. The minimum Gasteiger partial charge on any atom is -0.296 e. The summed E-state index contributed by atoms with van der Waals surface area (Å²) < 4.78 is 1.91. The van der Waals surface area contributed by atoms with Crippen LogP contribution in [0.1, 0.15) is 31.2 Å². The van der Waals surface area contributed by atoms with Crippen LogP contribution in [0.3, 0.4) is 0 Å². The Bertz CT molecular complexity index is 536. The number of piperidine rings is 1. The average molecular weight is 271 g/mol. The van der Waals surface area contributed by atoms with E-state index in [1.165, 1.54) is 18.4 Å². The van der Waals surface area contributed by atoms with Crippen molar-refractivity contribution in [2.24, 2.45) is 5.92 Å². The fourth-order valence-electron chi connectivity index (χ4n) is 2.85. The predicted octanol–water partition coefficient (Wildman–Crippen LogP) is 1.95. The number of aromatic nitrogens is 4. The Hall–Kier alpha value is -1.75. The Labute approximate surface area is 119 Å². The van der Waals surface area contributed by atoms with Gasteiger partial charge in [-0.25, -0.2) is 4.68 Å². The second-order valence-electron chi connectivity index (χ2n) is 5.72. The summed E-state index contributed by atoms with van der Waals surface area (Å²) in [6, 6.07) is 10.3. The summed E-state index contributed by atoms with van der Waals surface area (Å²) in [6.07, 6.45) is 2.62. The van der Waals surface area contributed by atoms with Gasteiger partial charge < -0.3 is 0 Å². The van der Waals surface area contributed by atoms with Crippen molar-refractivity contribution in [1.82, 2.24) is 25.1 Å². The third kappa shape index (κ3) is 3.22. The maximum absolute atomic E-state index is 4.19. The molecule has 2 heterocycles. The molecule has 5 nitrogen and oxygen atoms in total. The zero-order chi connectivity index (χ0) is 13.8. The minimum atomic E-state index is 0.743. The number of hydrogen-bond acceptors (Lipinski definition) is 4. The van der Waals surface area contributed by atoms with Crippen molar-refractivity contribution >= 4 is 0 Å². The molecule has 0 saturated carbocycles. The van der Waals surface area contributed by atoms with Gasteiger partial charge in [0.15, 0.2) is 5.82 Å². The van der Waals surface area contributed by atoms with Crippen molar-refractivity contribution in [1.29, 1.82) is 0 Å². The summed E-state index contributed by atoms with van der Waals surface area (Å²) in [7, 11) is 0. The zero-order valence-corrected chi connectivity index (χ0v) is 11.9. The second-order valence-corrected chi connectivity index (χ2v) is 5.72. The van der Waals surface area contributed by atoms with Gasteiger partial charge in [-0.05, 0) is 41.3 Å². The van der Waals surface area contributed by atoms with Crippen LogP contribution < -0.4 is 0 Å². The summed E-state index contributed by atoms with van der Waals surface area (Å²) in [4.78, 5) is 2.46. The third-order valence-electron chi connectivity index (χ3n) is 3.89. The lowest BCUT2D eigenvalue weighted by atomic mass is 10.0. The summed E-state index contributed by atoms with van der Waals surface area (Å²) >= 11 is 0. The Kier molecular flexibility index (Phi) is 4.06. The Morgan fingerprint density at radius 1 is 1.20 bits per heavy atom. The van der Waals surface area contributed by atoms with Gasteiger partial charge in [-0.1, -0.05) is 37.3 Å². The van der Waals surface area contributed by atoms with Crippen LogP contribution in [-0.4, -0.2) is 38.2 Å². The Balaban J connectivity index is 1.67. The van der Waals surface area contributed by atoms with Gasteiger partial charge in [-0.15, -0.1) is 5.10 Å². The monoisotopic (exact) mass is 271 g/mol. The van der Waals surface area contributed by atoms with Gasteiger partial charge in [0.2, 0.25) is 0 Å². The molecular weight excluding hydrogens is 250 g/mol. The molecule has 0 unspecified atom stereocenters. The van der Waals surface area contributed by atoms with E-state index in [2.05, 4.69) is 39.5 Å². The number of benzene rings is 1. The van der Waals surface area contributed by atoms with E-state index in [9.17, 15) is 0 Å². The molecule has 1 fully saturated rings. The number of likely N-dealkylation sites (tertiary alicyclic amines) is 1. The van der Waals surface area contributed by atoms with Crippen LogP contribution in [-0.2, 0) is 13.1 Å². The van der Waals surface area contributed by atoms with Gasteiger partial charge in [0, 0.05) is 6.54 Å². The largest absolute Gasteiger partial charge is 0.296 e. The summed E-state index contributed by atoms with van der Waals surface area (Å²) in [5, 5.41) is 12.2. The van der Waals surface area contributed by atoms with E-state index in [1.54, 1.807) is 0 Å². The van der Waals surface area contributed by atoms with Crippen LogP contribution >= 0.6 is 0 Å². The number of nitrogens with zero attached hydrogens (tertiary/aromatic N) is 5. The second kappa shape index (κ2) is 6.13. The smallest absolute Gasteiger partial charge is 0.165 e. The molecule has 0 radical (unpaired) electrons. The lowest BCUT2D eigenvalue weighted by molar-refractivity contribution is 0.170. The van der Waals surface area contributed by atoms with E-state index in [-0.39, 0.29) is 0 Å². The maximum Gasteiger partial charge on any atom is 0.165 e. The quantitative estimate of drug-likeness (QED) is 0.853. The zero-order valence-electron chi connectivity index (χ0n) is 11.9. The lowest BCUT2D eigenvalue weighted by Crippen LogP contribution is -2.34. The molecule has 1 aliphatic rings. The maximum atomic E-state index is 4.19. The van der Waals surface area contributed by atoms with Crippen LogP contribution in [0.4, 0.5) is 0 Å². The molecule has 0 spiro atoms. The fraction of sp³-hybridized carbons (Fsp3) is 0.533. The Morgan fingerprint density at radius 3 is 2.85 bits per heavy atom. The van der Waals surface area contributed by atoms with Crippen molar-refractivity contribution in [3.05, 3.63) is 41.7 Å². The average Bonchev–Trinajstić information content (AvgIpc) is 2.87. The van der Waals surface area contributed by atoms with E-state index in [0.29, 0.717) is 0 Å². The topological polar surface area (TPSA) is 46.8 Å². The van der Waals surface area contributed by atoms with Gasteiger partial charge >= 0.3 is 0 Å². The van der Waals surface area contributed by atoms with Crippen molar-refractivity contribution in [2.75, 3.05) is 13.1 Å². The normalized spacial score (nSPS) is 20.1. The van der Waals surface area contributed by atoms with Crippen LogP contribution in [0.15, 0.2) is 30.3 Å². The van der Waals surface area contributed by atoms with Crippen molar-refractivity contribution < 1.29 is 0 Å². The van der Waals surface area contributed by atoms with Gasteiger partial charge in [-0.2, -0.15) is 0 Å². The molecule has 106 valence electrons. The van der Waals surface area contributed by atoms with Crippen LogP contribution in [0.2, 0.25) is 0 Å². The number of rotatable bonds is 4. The van der Waals surface area contributed by atoms with Crippen LogP contribution in [0, 0.1) is 5.92 Å². The molecule has 0 amide bonds. The first-order valence-corrected chi connectivity index (χ1v) is 7.32. The number of hydrogen-bond donors (Lipinski definition) is 0. The molecule has 0 bridgehead atoms. The summed E-state index contributed by atoms with van der Waals surface area (Å²) in [5.74, 6) is 1.74. The molecule has 3 rings (SSSR count). The molecule has 0 aliphatic carbocycles. The first kappa shape index (κ1) is 13.2. The van der Waals surface area contributed by atoms with Crippen LogP contribution in [0.25, 0.3) is 0 Å². The lowest BCUT2D eigenvalue weighted by Gasteiger charge is -2.30. The highest BCUT2D eigenvalue weighted by atomic mass is 15.5. The molecule has 1 aromatic heterocycles. The van der Waals surface area contributed by atoms with Gasteiger partial charge in [-0.3, -0.25) is 4.90 Å². The third-order valence-corrected chi connectivity index (χ3v) is 3.89. The highest BCUT2D eigenvalue weighted by Gasteiger charge is 2.18.